The van der Waals surface area contributed by atoms with Crippen molar-refractivity contribution in [3.8, 4) is 0 Å². The van der Waals surface area contributed by atoms with Crippen molar-refractivity contribution in [3.63, 3.8) is 0 Å². The van der Waals surface area contributed by atoms with E-state index in [0.29, 0.717) is 12.6 Å². The lowest BCUT2D eigenvalue weighted by Crippen LogP contribution is -2.51. The summed E-state index contributed by atoms with van der Waals surface area (Å²) in [6.07, 6.45) is 2.25. The molecule has 160 valence electrons. The summed E-state index contributed by atoms with van der Waals surface area (Å²) in [7, 11) is 1.98. The molecule has 8 heteroatoms. The zero-order valence-electron chi connectivity index (χ0n) is 17.7. The van der Waals surface area contributed by atoms with E-state index in [1.807, 2.05) is 36.9 Å². The number of hydrogen-bond acceptors (Lipinski definition) is 3. The van der Waals surface area contributed by atoms with E-state index >= 15 is 0 Å². The van der Waals surface area contributed by atoms with E-state index in [2.05, 4.69) is 40.5 Å². The fourth-order valence-electron chi connectivity index (χ4n) is 3.74. The Morgan fingerprint density at radius 3 is 2.72 bits per heavy atom. The smallest absolute Gasteiger partial charge is 0.191 e. The van der Waals surface area contributed by atoms with Crippen molar-refractivity contribution in [1.82, 2.24) is 20.4 Å². The van der Waals surface area contributed by atoms with Crippen LogP contribution in [0.25, 0.3) is 0 Å². The van der Waals surface area contributed by atoms with Gasteiger partial charge in [-0.05, 0) is 45.7 Å². The Balaban J connectivity index is 0.00000300. The second-order valence-corrected chi connectivity index (χ2v) is 7.76. The molecule has 1 fully saturated rings. The topological polar surface area (TPSA) is 57.5 Å². The highest BCUT2D eigenvalue weighted by molar-refractivity contribution is 14.0. The number of halogens is 2. The molecule has 0 aliphatic carbocycles. The first kappa shape index (κ1) is 23.8. The minimum atomic E-state index is 0. The molecule has 1 atom stereocenters. The lowest BCUT2D eigenvalue weighted by atomic mass is 10.0. The van der Waals surface area contributed by atoms with Gasteiger partial charge in [0.15, 0.2) is 5.96 Å². The first-order valence-corrected chi connectivity index (χ1v) is 10.4. The third-order valence-corrected chi connectivity index (χ3v) is 5.67. The maximum atomic E-state index is 6.40. The Morgan fingerprint density at radius 2 is 2.07 bits per heavy atom. The molecule has 1 unspecified atom stereocenters. The molecular formula is C21H32ClIN6. The molecule has 1 saturated heterocycles. The molecule has 1 aromatic carbocycles. The molecule has 3 rings (SSSR count). The van der Waals surface area contributed by atoms with Crippen LogP contribution in [0.3, 0.4) is 0 Å². The second-order valence-electron chi connectivity index (χ2n) is 7.35. The van der Waals surface area contributed by atoms with E-state index in [1.165, 1.54) is 11.3 Å². The number of guanidine groups is 1. The third-order valence-electron chi connectivity index (χ3n) is 5.35. The van der Waals surface area contributed by atoms with Crippen LogP contribution in [0.1, 0.15) is 36.7 Å². The Morgan fingerprint density at radius 1 is 1.31 bits per heavy atom. The van der Waals surface area contributed by atoms with Crippen molar-refractivity contribution < 1.29 is 0 Å². The molecule has 0 saturated carbocycles. The quantitative estimate of drug-likeness (QED) is 0.348. The molecule has 0 bridgehead atoms. The van der Waals surface area contributed by atoms with Gasteiger partial charge in [-0.1, -0.05) is 23.7 Å². The lowest BCUT2D eigenvalue weighted by Gasteiger charge is -2.35. The molecule has 1 aliphatic heterocycles. The summed E-state index contributed by atoms with van der Waals surface area (Å²) in [4.78, 5) is 7.19. The molecule has 1 aromatic heterocycles. The SMILES string of the molecule is CCNC(=NCc1c(C)nn(C)c1C)NC1CCCN(c2ccccc2Cl)C1.I. The molecule has 2 aromatic rings. The monoisotopic (exact) mass is 530 g/mol. The first-order valence-electron chi connectivity index (χ1n) is 10.0. The van der Waals surface area contributed by atoms with Gasteiger partial charge in [-0.2, -0.15) is 5.10 Å². The van der Waals surface area contributed by atoms with Crippen molar-refractivity contribution in [2.24, 2.45) is 12.0 Å². The number of nitrogens with zero attached hydrogens (tertiary/aromatic N) is 4. The van der Waals surface area contributed by atoms with E-state index in [4.69, 9.17) is 16.6 Å². The number of nitrogens with one attached hydrogen (secondary N) is 2. The average Bonchev–Trinajstić information content (AvgIpc) is 2.92. The molecular weight excluding hydrogens is 499 g/mol. The van der Waals surface area contributed by atoms with Crippen molar-refractivity contribution >= 4 is 47.2 Å². The minimum Gasteiger partial charge on any atom is -0.368 e. The number of hydrogen-bond donors (Lipinski definition) is 2. The van der Waals surface area contributed by atoms with Crippen LogP contribution in [0.4, 0.5) is 5.69 Å². The van der Waals surface area contributed by atoms with Gasteiger partial charge in [0.1, 0.15) is 0 Å². The predicted molar refractivity (Wildman–Crippen MR) is 133 cm³/mol. The largest absolute Gasteiger partial charge is 0.368 e. The Labute approximate surface area is 196 Å². The number of rotatable bonds is 5. The average molecular weight is 531 g/mol. The van der Waals surface area contributed by atoms with Crippen LogP contribution in [0, 0.1) is 13.8 Å². The van der Waals surface area contributed by atoms with Gasteiger partial charge < -0.3 is 15.5 Å². The van der Waals surface area contributed by atoms with Crippen molar-refractivity contribution in [3.05, 3.63) is 46.2 Å². The lowest BCUT2D eigenvalue weighted by molar-refractivity contribution is 0.468. The fraction of sp³-hybridized carbons (Fsp3) is 0.524. The summed E-state index contributed by atoms with van der Waals surface area (Å²) in [6.45, 7) is 9.63. The summed E-state index contributed by atoms with van der Waals surface area (Å²) >= 11 is 6.40. The normalized spacial score (nSPS) is 17.1. The van der Waals surface area contributed by atoms with Crippen LogP contribution < -0.4 is 15.5 Å². The van der Waals surface area contributed by atoms with Gasteiger partial charge in [-0.25, -0.2) is 4.99 Å². The number of para-hydroxylation sites is 1. The van der Waals surface area contributed by atoms with Gasteiger partial charge in [-0.15, -0.1) is 24.0 Å². The van der Waals surface area contributed by atoms with E-state index < -0.39 is 0 Å². The fourth-order valence-corrected chi connectivity index (χ4v) is 3.99. The maximum Gasteiger partial charge on any atom is 0.191 e. The number of benzene rings is 1. The Hall–Kier alpha value is -1.48. The molecule has 0 spiro atoms. The van der Waals surface area contributed by atoms with Crippen LogP contribution in [0.5, 0.6) is 0 Å². The van der Waals surface area contributed by atoms with Gasteiger partial charge in [0.05, 0.1) is 22.9 Å². The van der Waals surface area contributed by atoms with E-state index in [0.717, 1.165) is 54.8 Å². The van der Waals surface area contributed by atoms with Crippen molar-refractivity contribution in [2.45, 2.75) is 46.2 Å². The number of aromatic nitrogens is 2. The Kier molecular flexibility index (Phi) is 9.07. The zero-order chi connectivity index (χ0) is 20.1. The van der Waals surface area contributed by atoms with Crippen LogP contribution in [-0.4, -0.2) is 41.4 Å². The Bertz CT molecular complexity index is 835. The van der Waals surface area contributed by atoms with Crippen molar-refractivity contribution in [2.75, 3.05) is 24.5 Å². The number of piperidine rings is 1. The summed E-state index contributed by atoms with van der Waals surface area (Å²) in [5.74, 6) is 0.858. The molecule has 2 heterocycles. The minimum absolute atomic E-state index is 0. The van der Waals surface area contributed by atoms with E-state index in [9.17, 15) is 0 Å². The number of aryl methyl sites for hydroxylation is 2. The van der Waals surface area contributed by atoms with Gasteiger partial charge >= 0.3 is 0 Å². The van der Waals surface area contributed by atoms with Crippen LogP contribution >= 0.6 is 35.6 Å². The summed E-state index contributed by atoms with van der Waals surface area (Å²) < 4.78 is 1.92. The molecule has 1 aliphatic rings. The molecule has 0 amide bonds. The standard InChI is InChI=1S/C21H31ClN6.HI/c1-5-23-21(24-13-18-15(2)26-27(4)16(18)3)25-17-9-8-12-28(14-17)20-11-7-6-10-19(20)22;/h6-7,10-11,17H,5,8-9,12-14H2,1-4H3,(H2,23,24,25);1H. The molecule has 2 N–H and O–H groups in total. The highest BCUT2D eigenvalue weighted by atomic mass is 127. The van der Waals surface area contributed by atoms with Crippen LogP contribution in [0.2, 0.25) is 5.02 Å². The van der Waals surface area contributed by atoms with Gasteiger partial charge in [0.2, 0.25) is 0 Å². The predicted octanol–water partition coefficient (Wildman–Crippen LogP) is 4.03. The highest BCUT2D eigenvalue weighted by Crippen LogP contribution is 2.27. The van der Waals surface area contributed by atoms with Gasteiger partial charge in [0.25, 0.3) is 0 Å². The summed E-state index contributed by atoms with van der Waals surface area (Å²) in [5, 5.41) is 12.3. The van der Waals surface area contributed by atoms with Crippen molar-refractivity contribution in [1.29, 1.82) is 0 Å². The molecule has 0 radical (unpaired) electrons. The maximum absolute atomic E-state index is 6.40. The van der Waals surface area contributed by atoms with E-state index in [-0.39, 0.29) is 24.0 Å². The second kappa shape index (κ2) is 11.1. The number of aliphatic imine (C=N–C) groups is 1. The molecule has 6 nitrogen and oxygen atoms in total. The molecule has 29 heavy (non-hydrogen) atoms. The van der Waals surface area contributed by atoms with Crippen LogP contribution in [-0.2, 0) is 13.6 Å². The summed E-state index contributed by atoms with van der Waals surface area (Å²) in [5.41, 5.74) is 4.52. The number of anilines is 1. The van der Waals surface area contributed by atoms with Gasteiger partial charge in [0, 0.05) is 44.0 Å². The first-order chi connectivity index (χ1) is 13.5. The van der Waals surface area contributed by atoms with Crippen LogP contribution in [0.15, 0.2) is 29.3 Å². The summed E-state index contributed by atoms with van der Waals surface area (Å²) in [6, 6.07) is 8.40. The van der Waals surface area contributed by atoms with Gasteiger partial charge in [-0.3, -0.25) is 4.68 Å². The van der Waals surface area contributed by atoms with E-state index in [1.54, 1.807) is 0 Å². The third kappa shape index (κ3) is 6.01. The highest BCUT2D eigenvalue weighted by Gasteiger charge is 2.22. The zero-order valence-corrected chi connectivity index (χ0v) is 20.8.